The van der Waals surface area contributed by atoms with Crippen LogP contribution >= 0.6 is 23.2 Å². The Kier molecular flexibility index (Phi) is 10.3. The number of hydrogen-bond acceptors (Lipinski definition) is 12. The molecule has 0 aromatic carbocycles. The van der Waals surface area contributed by atoms with Crippen LogP contribution in [0, 0.1) is 0 Å². The lowest BCUT2D eigenvalue weighted by atomic mass is 10.0. The van der Waals surface area contributed by atoms with Crippen LogP contribution in [0.5, 0.6) is 0 Å². The van der Waals surface area contributed by atoms with Crippen molar-refractivity contribution in [3.05, 3.63) is 22.7 Å². The molecule has 2 fully saturated rings. The molecule has 7 atom stereocenters. The highest BCUT2D eigenvalue weighted by Gasteiger charge is 2.48. The van der Waals surface area contributed by atoms with E-state index in [9.17, 15) is 43.4 Å². The first-order valence-electron chi connectivity index (χ1n) is 11.6. The number of anilines is 1. The Morgan fingerprint density at radius 3 is 2.38 bits per heavy atom. The van der Waals surface area contributed by atoms with Gasteiger partial charge in [0.05, 0.1) is 12.3 Å². The van der Waals surface area contributed by atoms with Crippen molar-refractivity contribution in [1.82, 2.24) is 9.55 Å². The predicted molar refractivity (Wildman–Crippen MR) is 128 cm³/mol. The normalized spacial score (nSPS) is 29.8. The van der Waals surface area contributed by atoms with Gasteiger partial charge < -0.3 is 34.9 Å². The lowest BCUT2D eigenvalue weighted by Gasteiger charge is -2.27. The van der Waals surface area contributed by atoms with E-state index in [1.165, 1.54) is 12.3 Å². The summed E-state index contributed by atoms with van der Waals surface area (Å²) in [6, 6.07) is 1.45. The summed E-state index contributed by atoms with van der Waals surface area (Å²) in [4.78, 5) is 45.8. The van der Waals surface area contributed by atoms with E-state index < -0.39 is 65.7 Å². The summed E-state index contributed by atoms with van der Waals surface area (Å²) in [6.07, 6.45) is -1.57. The second-order valence-corrected chi connectivity index (χ2v) is 14.0. The molecule has 1 aliphatic heterocycles. The highest BCUT2D eigenvalue weighted by Crippen LogP contribution is 2.69. The van der Waals surface area contributed by atoms with Gasteiger partial charge in [0.25, 0.3) is 0 Å². The van der Waals surface area contributed by atoms with Crippen molar-refractivity contribution in [2.24, 2.45) is 0 Å². The molecule has 1 saturated heterocycles. The molecule has 0 bridgehead atoms. The van der Waals surface area contributed by atoms with E-state index in [1.54, 1.807) is 0 Å². The Morgan fingerprint density at radius 2 is 1.76 bits per heavy atom. The Morgan fingerprint density at radius 1 is 1.08 bits per heavy atom. The van der Waals surface area contributed by atoms with Gasteiger partial charge in [0, 0.05) is 12.7 Å². The average Bonchev–Trinajstić information content (AvgIpc) is 3.09. The number of ether oxygens (including phenoxy) is 1. The Balaban J connectivity index is 1.59. The van der Waals surface area contributed by atoms with E-state index >= 15 is 0 Å². The number of hydrogen-bond donors (Lipinski definition) is 6. The van der Waals surface area contributed by atoms with E-state index in [2.05, 4.69) is 23.4 Å². The van der Waals surface area contributed by atoms with Gasteiger partial charge in [0.1, 0.15) is 24.1 Å². The van der Waals surface area contributed by atoms with Crippen LogP contribution in [-0.4, -0.2) is 71.6 Å². The first-order chi connectivity index (χ1) is 17.2. The minimum absolute atomic E-state index is 0.276. The van der Waals surface area contributed by atoms with E-state index in [0.29, 0.717) is 25.2 Å². The molecule has 7 unspecified atom stereocenters. The quantitative estimate of drug-likeness (QED) is 0.189. The zero-order valence-electron chi connectivity index (χ0n) is 19.9. The monoisotopic (exact) mass is 591 g/mol. The molecule has 0 radical (unpaired) electrons. The second kappa shape index (κ2) is 12.5. The second-order valence-electron chi connectivity index (χ2n) is 8.73. The van der Waals surface area contributed by atoms with Crippen LogP contribution < -0.4 is 11.0 Å². The van der Waals surface area contributed by atoms with Crippen molar-refractivity contribution in [2.75, 3.05) is 18.5 Å². The Labute approximate surface area is 212 Å². The summed E-state index contributed by atoms with van der Waals surface area (Å²) in [7, 11) is -15.6. The van der Waals surface area contributed by atoms with E-state index in [1.807, 2.05) is 6.92 Å². The van der Waals surface area contributed by atoms with Crippen LogP contribution in [0.3, 0.4) is 0 Å². The van der Waals surface area contributed by atoms with Gasteiger partial charge in [-0.3, -0.25) is 13.7 Å². The molecule has 19 heteroatoms. The first kappa shape index (κ1) is 30.6. The van der Waals surface area contributed by atoms with Crippen LogP contribution in [0.4, 0.5) is 5.82 Å². The van der Waals surface area contributed by atoms with Crippen LogP contribution in [-0.2, 0) is 31.6 Å². The van der Waals surface area contributed by atoms with Crippen molar-refractivity contribution < 1.29 is 56.5 Å². The molecular weight excluding hydrogens is 559 g/mol. The molecule has 1 aliphatic carbocycles. The van der Waals surface area contributed by atoms with Gasteiger partial charge in [0.15, 0.2) is 6.23 Å². The molecule has 16 nitrogen and oxygen atoms in total. The number of rotatable bonds is 12. The summed E-state index contributed by atoms with van der Waals surface area (Å²) in [5, 5.41) is 23.5. The summed E-state index contributed by atoms with van der Waals surface area (Å²) < 4.78 is 56.1. The molecule has 1 aromatic heterocycles. The molecule has 1 aromatic rings. The molecule has 2 heterocycles. The van der Waals surface area contributed by atoms with Crippen LogP contribution in [0.2, 0.25) is 0 Å². The first-order valence-corrected chi connectivity index (χ1v) is 16.3. The number of nitrogens with zero attached hydrogens (tertiary/aromatic N) is 2. The average molecular weight is 591 g/mol. The number of phosphoric acid groups is 2. The highest BCUT2D eigenvalue weighted by atomic mass is 31.3. The smallest absolute Gasteiger partial charge is 0.387 e. The summed E-state index contributed by atoms with van der Waals surface area (Å²) in [6.45, 7) is 1.56. The fraction of sp³-hybridized carbons (Fsp3) is 0.778. The maximum Gasteiger partial charge on any atom is 0.488 e. The topological polar surface area (TPSA) is 236 Å². The minimum atomic E-state index is -5.53. The highest BCUT2D eigenvalue weighted by molar-refractivity contribution is 7.68. The summed E-state index contributed by atoms with van der Waals surface area (Å²) in [5.41, 5.74) is -1.72. The number of aliphatic hydroxyl groups excluding tert-OH is 2. The molecule has 0 amide bonds. The number of aromatic nitrogens is 2. The van der Waals surface area contributed by atoms with Gasteiger partial charge in [-0.15, -0.1) is 0 Å². The van der Waals surface area contributed by atoms with Crippen molar-refractivity contribution in [2.45, 2.75) is 75.6 Å². The van der Waals surface area contributed by atoms with Crippen molar-refractivity contribution in [3.8, 4) is 0 Å². The van der Waals surface area contributed by atoms with Crippen LogP contribution in [0.15, 0.2) is 17.1 Å². The lowest BCUT2D eigenvalue weighted by Crippen LogP contribution is -2.36. The van der Waals surface area contributed by atoms with Crippen molar-refractivity contribution >= 4 is 29.1 Å². The number of phosphoric ester groups is 1. The van der Waals surface area contributed by atoms with Crippen molar-refractivity contribution in [3.63, 3.8) is 0 Å². The maximum atomic E-state index is 12.4. The van der Waals surface area contributed by atoms with E-state index in [0.717, 1.165) is 17.4 Å². The zero-order valence-corrected chi connectivity index (χ0v) is 22.6. The molecule has 2 aliphatic rings. The fourth-order valence-electron chi connectivity index (χ4n) is 4.01. The maximum absolute atomic E-state index is 12.4. The van der Waals surface area contributed by atoms with Crippen LogP contribution in [0.1, 0.15) is 51.7 Å². The van der Waals surface area contributed by atoms with Gasteiger partial charge in [-0.1, -0.05) is 26.2 Å². The molecule has 1 saturated carbocycles. The third-order valence-electron chi connectivity index (χ3n) is 5.86. The van der Waals surface area contributed by atoms with Gasteiger partial charge >= 0.3 is 28.9 Å². The molecule has 6 N–H and O–H groups in total. The Hall–Kier alpha value is -0.990. The molecule has 0 spiro atoms. The van der Waals surface area contributed by atoms with Gasteiger partial charge in [-0.2, -0.15) is 9.29 Å². The lowest BCUT2D eigenvalue weighted by molar-refractivity contribution is -0.0541. The number of nitrogens with one attached hydrogen (secondary N) is 1. The molecule has 212 valence electrons. The van der Waals surface area contributed by atoms with Crippen LogP contribution in [0.25, 0.3) is 0 Å². The molecular formula is C18H32N3O13P3. The third-order valence-corrected chi connectivity index (χ3v) is 11.2. The Bertz CT molecular complexity index is 1130. The predicted octanol–water partition coefficient (Wildman–Crippen LogP) is 1.45. The minimum Gasteiger partial charge on any atom is -0.387 e. The largest absolute Gasteiger partial charge is 0.488 e. The van der Waals surface area contributed by atoms with Gasteiger partial charge in [-0.25, -0.2) is 18.2 Å². The van der Waals surface area contributed by atoms with Gasteiger partial charge in [0.2, 0.25) is 0 Å². The number of aliphatic hydroxyl groups is 2. The summed E-state index contributed by atoms with van der Waals surface area (Å²) >= 11 is 0. The molecule has 37 heavy (non-hydrogen) atoms. The standard InChI is InChI=1S/C18H32N3O13P3/c1-2-9-19-14-8-10-21(18(24)20-14)17-16(23)15(22)13(32-17)11-31-36(27,28)34-37(29,30)33-35(25,26)12-6-4-3-5-7-12/h8,10,12-13,15-17,22-23H,2-7,9,11H2,1H3,(H,25,26)(H,27,28)(H,29,30)(H,19,20,24). The molecule has 3 rings (SSSR count). The van der Waals surface area contributed by atoms with Gasteiger partial charge in [-0.05, 0) is 25.3 Å². The van der Waals surface area contributed by atoms with Crippen molar-refractivity contribution in [1.29, 1.82) is 0 Å². The summed E-state index contributed by atoms with van der Waals surface area (Å²) in [5.74, 6) is 0.293. The van der Waals surface area contributed by atoms with E-state index in [-0.39, 0.29) is 12.8 Å². The SMILES string of the molecule is CCCNc1ccn(C2OC(COP(=O)(O)OP(=O)(O)OP(=O)(O)C3CCCCC3)C(O)C2O)c(=O)n1. The fourth-order valence-corrected chi connectivity index (χ4v) is 8.70. The van der Waals surface area contributed by atoms with E-state index in [4.69, 9.17) is 4.74 Å². The third kappa shape index (κ3) is 8.25. The zero-order chi connectivity index (χ0) is 27.4.